The zero-order valence-electron chi connectivity index (χ0n) is 19.3. The number of carboxylic acids is 2. The number of aromatic carboxylic acids is 1. The molecule has 3 rings (SSSR count). The molecule has 0 radical (unpaired) electrons. The van der Waals surface area contributed by atoms with E-state index >= 15 is 0 Å². The molecule has 9 nitrogen and oxygen atoms in total. The highest BCUT2D eigenvalue weighted by atomic mass is 32.2. The molecule has 1 saturated heterocycles. The summed E-state index contributed by atoms with van der Waals surface area (Å²) in [4.78, 5) is 24.8. The van der Waals surface area contributed by atoms with E-state index in [-0.39, 0.29) is 16.1 Å². The van der Waals surface area contributed by atoms with Gasteiger partial charge in [-0.25, -0.2) is 18.0 Å². The van der Waals surface area contributed by atoms with Gasteiger partial charge in [-0.05, 0) is 56.3 Å². The maximum absolute atomic E-state index is 13.1. The number of aliphatic carboxylic acids is 1. The fourth-order valence-electron chi connectivity index (χ4n) is 3.27. The Balaban J connectivity index is 0.000000540. The molecule has 13 heteroatoms. The van der Waals surface area contributed by atoms with Crippen LogP contribution in [-0.2, 0) is 14.8 Å². The summed E-state index contributed by atoms with van der Waals surface area (Å²) in [5.74, 6) is -3.86. The summed E-state index contributed by atoms with van der Waals surface area (Å²) < 4.78 is 60.5. The maximum atomic E-state index is 13.1. The SMILES string of the molecule is Cc1ccc(C)c(S(=O)(=O)Nc2cc(C(=O)O)ccc2N2CCN(C)CC2)c1.O=C(O)C(F)(F)F. The number of benzene rings is 2. The van der Waals surface area contributed by atoms with Crippen molar-refractivity contribution in [1.82, 2.24) is 4.90 Å². The lowest BCUT2D eigenvalue weighted by Gasteiger charge is -2.35. The zero-order valence-corrected chi connectivity index (χ0v) is 20.1. The summed E-state index contributed by atoms with van der Waals surface area (Å²) in [6.07, 6.45) is -5.08. The first-order valence-electron chi connectivity index (χ1n) is 10.3. The highest BCUT2D eigenvalue weighted by Gasteiger charge is 2.38. The van der Waals surface area contributed by atoms with Crippen molar-refractivity contribution >= 4 is 33.3 Å². The maximum Gasteiger partial charge on any atom is 0.490 e. The van der Waals surface area contributed by atoms with E-state index in [0.717, 1.165) is 31.7 Å². The Bertz CT molecular complexity index is 1190. The van der Waals surface area contributed by atoms with Crippen LogP contribution < -0.4 is 9.62 Å². The van der Waals surface area contributed by atoms with Crippen molar-refractivity contribution in [2.75, 3.05) is 42.8 Å². The van der Waals surface area contributed by atoms with Crippen LogP contribution in [0.15, 0.2) is 41.3 Å². The van der Waals surface area contributed by atoms with Gasteiger partial charge in [0, 0.05) is 26.2 Å². The minimum Gasteiger partial charge on any atom is -0.478 e. The summed E-state index contributed by atoms with van der Waals surface area (Å²) in [7, 11) is -1.82. The van der Waals surface area contributed by atoms with Gasteiger partial charge in [0.1, 0.15) is 0 Å². The van der Waals surface area contributed by atoms with Gasteiger partial charge < -0.3 is 20.0 Å². The lowest BCUT2D eigenvalue weighted by Crippen LogP contribution is -2.44. The third-order valence-corrected chi connectivity index (χ3v) is 6.71. The number of carbonyl (C=O) groups is 2. The summed E-state index contributed by atoms with van der Waals surface area (Å²) >= 11 is 0. The van der Waals surface area contributed by atoms with Gasteiger partial charge in [0.05, 0.1) is 21.8 Å². The van der Waals surface area contributed by atoms with Gasteiger partial charge in [-0.2, -0.15) is 13.2 Å². The van der Waals surface area contributed by atoms with E-state index < -0.39 is 28.1 Å². The Hall–Kier alpha value is -3.32. The van der Waals surface area contributed by atoms with Crippen molar-refractivity contribution in [2.24, 2.45) is 0 Å². The van der Waals surface area contributed by atoms with E-state index in [4.69, 9.17) is 9.90 Å². The van der Waals surface area contributed by atoms with Gasteiger partial charge in [0.25, 0.3) is 10.0 Å². The molecule has 1 aliphatic rings. The van der Waals surface area contributed by atoms with Crippen molar-refractivity contribution in [3.05, 3.63) is 53.1 Å². The van der Waals surface area contributed by atoms with Crippen molar-refractivity contribution in [3.8, 4) is 0 Å². The molecule has 35 heavy (non-hydrogen) atoms. The van der Waals surface area contributed by atoms with Crippen LogP contribution in [0.4, 0.5) is 24.5 Å². The van der Waals surface area contributed by atoms with Gasteiger partial charge in [-0.3, -0.25) is 4.72 Å². The smallest absolute Gasteiger partial charge is 0.478 e. The van der Waals surface area contributed by atoms with Crippen LogP contribution >= 0.6 is 0 Å². The zero-order chi connectivity index (χ0) is 26.6. The van der Waals surface area contributed by atoms with Crippen LogP contribution in [0.1, 0.15) is 21.5 Å². The van der Waals surface area contributed by atoms with E-state index in [2.05, 4.69) is 14.5 Å². The van der Waals surface area contributed by atoms with Crippen LogP contribution in [0.5, 0.6) is 0 Å². The molecule has 0 amide bonds. The van der Waals surface area contributed by atoms with Crippen molar-refractivity contribution in [1.29, 1.82) is 0 Å². The van der Waals surface area contributed by atoms with E-state index in [1.807, 2.05) is 20.0 Å². The van der Waals surface area contributed by atoms with Crippen LogP contribution in [0.2, 0.25) is 0 Å². The molecule has 0 aromatic heterocycles. The summed E-state index contributed by atoms with van der Waals surface area (Å²) in [5, 5.41) is 16.5. The number of sulfonamides is 1. The standard InChI is InChI=1S/C20H25N3O4S.C2HF3O2/c1-14-4-5-15(2)19(12-14)28(26,27)21-17-13-16(20(24)25)6-7-18(17)23-10-8-22(3)9-11-23;3-2(4,5)1(6)7/h4-7,12-13,21H,8-11H2,1-3H3,(H,24,25);(H,6,7). The number of rotatable bonds is 5. The van der Waals surface area contributed by atoms with Gasteiger partial charge in [-0.1, -0.05) is 12.1 Å². The second-order valence-electron chi connectivity index (χ2n) is 8.00. The number of carboxylic acid groups (broad SMARTS) is 2. The number of nitrogens with zero attached hydrogens (tertiary/aromatic N) is 2. The first-order chi connectivity index (χ1) is 16.1. The molecule has 1 heterocycles. The molecular weight excluding hydrogens is 491 g/mol. The fraction of sp³-hybridized carbons (Fsp3) is 0.364. The fourth-order valence-corrected chi connectivity index (χ4v) is 4.67. The number of nitrogens with one attached hydrogen (secondary N) is 1. The van der Waals surface area contributed by atoms with Gasteiger partial charge in [0.15, 0.2) is 0 Å². The lowest BCUT2D eigenvalue weighted by atomic mass is 10.1. The quantitative estimate of drug-likeness (QED) is 0.552. The number of hydrogen-bond acceptors (Lipinski definition) is 6. The predicted molar refractivity (Wildman–Crippen MR) is 124 cm³/mol. The molecule has 2 aromatic rings. The first kappa shape index (κ1) is 27.9. The lowest BCUT2D eigenvalue weighted by molar-refractivity contribution is -0.192. The summed E-state index contributed by atoms with van der Waals surface area (Å²) in [6, 6.07) is 9.81. The Morgan fingerprint density at radius 1 is 0.971 bits per heavy atom. The van der Waals surface area contributed by atoms with Gasteiger partial charge in [0.2, 0.25) is 0 Å². The van der Waals surface area contributed by atoms with Crippen molar-refractivity contribution in [3.63, 3.8) is 0 Å². The van der Waals surface area contributed by atoms with Gasteiger partial charge >= 0.3 is 18.1 Å². The largest absolute Gasteiger partial charge is 0.490 e. The second kappa shape index (κ2) is 11.0. The molecule has 0 aliphatic carbocycles. The average Bonchev–Trinajstić information content (AvgIpc) is 2.75. The Kier molecular flexibility index (Phi) is 8.74. The number of likely N-dealkylation sites (N-methyl/N-ethyl adjacent to an activating group) is 1. The predicted octanol–water partition coefficient (Wildman–Crippen LogP) is 3.19. The Morgan fingerprint density at radius 3 is 2.06 bits per heavy atom. The molecule has 0 spiro atoms. The molecule has 0 atom stereocenters. The van der Waals surface area contributed by atoms with Crippen molar-refractivity contribution < 1.29 is 41.4 Å². The van der Waals surface area contributed by atoms with Crippen LogP contribution in [-0.4, -0.2) is 74.9 Å². The van der Waals surface area contributed by atoms with Crippen LogP contribution in [0, 0.1) is 13.8 Å². The van der Waals surface area contributed by atoms with Crippen LogP contribution in [0.25, 0.3) is 0 Å². The number of aryl methyl sites for hydroxylation is 2. The summed E-state index contributed by atoms with van der Waals surface area (Å²) in [6.45, 7) is 6.75. The molecule has 0 bridgehead atoms. The Morgan fingerprint density at radius 2 is 1.54 bits per heavy atom. The number of alkyl halides is 3. The van der Waals surface area contributed by atoms with E-state index in [1.165, 1.54) is 12.1 Å². The molecule has 3 N–H and O–H groups in total. The normalized spacial score (nSPS) is 14.6. The molecule has 1 aliphatic heterocycles. The molecule has 2 aromatic carbocycles. The molecule has 1 fully saturated rings. The molecule has 0 saturated carbocycles. The first-order valence-corrected chi connectivity index (χ1v) is 11.8. The topological polar surface area (TPSA) is 127 Å². The second-order valence-corrected chi connectivity index (χ2v) is 9.66. The number of hydrogen-bond donors (Lipinski definition) is 3. The highest BCUT2D eigenvalue weighted by molar-refractivity contribution is 7.92. The monoisotopic (exact) mass is 517 g/mol. The third kappa shape index (κ3) is 7.59. The third-order valence-electron chi connectivity index (χ3n) is 5.21. The average molecular weight is 518 g/mol. The number of piperazine rings is 1. The molecular formula is C22H26F3N3O6S. The van der Waals surface area contributed by atoms with Gasteiger partial charge in [-0.15, -0.1) is 0 Å². The van der Waals surface area contributed by atoms with E-state index in [1.54, 1.807) is 25.1 Å². The van der Waals surface area contributed by atoms with Crippen molar-refractivity contribution in [2.45, 2.75) is 24.9 Å². The number of anilines is 2. The summed E-state index contributed by atoms with van der Waals surface area (Å²) in [5.41, 5.74) is 2.48. The van der Waals surface area contributed by atoms with E-state index in [0.29, 0.717) is 11.3 Å². The minimum atomic E-state index is -5.08. The van der Waals surface area contributed by atoms with E-state index in [9.17, 15) is 31.5 Å². The molecule has 192 valence electrons. The Labute approximate surface area is 200 Å². The minimum absolute atomic E-state index is 0.0385. The van der Waals surface area contributed by atoms with Crippen LogP contribution in [0.3, 0.4) is 0 Å². The highest BCUT2D eigenvalue weighted by Crippen LogP contribution is 2.31. The number of halogens is 3. The molecule has 0 unspecified atom stereocenters.